The maximum absolute atomic E-state index is 12.8. The molecule has 132 valence electrons. The van der Waals surface area contributed by atoms with Crippen molar-refractivity contribution < 1.29 is 9.90 Å². The summed E-state index contributed by atoms with van der Waals surface area (Å²) in [5.74, 6) is -0.743. The predicted molar refractivity (Wildman–Crippen MR) is 101 cm³/mol. The molecule has 0 aliphatic carbocycles. The first-order chi connectivity index (χ1) is 12.7. The highest BCUT2D eigenvalue weighted by Gasteiger charge is 2.24. The van der Waals surface area contributed by atoms with Crippen molar-refractivity contribution in [3.05, 3.63) is 75.6 Å². The minimum atomic E-state index is -0.523. The zero-order valence-corrected chi connectivity index (χ0v) is 14.4. The zero-order chi connectivity index (χ0) is 18.1. The van der Waals surface area contributed by atoms with E-state index in [9.17, 15) is 14.7 Å². The number of carbonyl (C=O) groups is 1. The molecule has 1 aromatic heterocycles. The average molecular weight is 348 g/mol. The zero-order valence-electron chi connectivity index (χ0n) is 14.4. The van der Waals surface area contributed by atoms with E-state index in [4.69, 9.17) is 0 Å². The van der Waals surface area contributed by atoms with Gasteiger partial charge in [-0.1, -0.05) is 42.5 Å². The van der Waals surface area contributed by atoms with Crippen LogP contribution in [0.4, 0.5) is 0 Å². The number of para-hydroxylation sites is 1. The number of nitrogens with one attached hydrogen (secondary N) is 1. The molecular formula is C21H20N2O3. The quantitative estimate of drug-likeness (QED) is 0.761. The number of carbonyl (C=O) groups excluding carboxylic acids is 1. The van der Waals surface area contributed by atoms with Crippen molar-refractivity contribution in [2.45, 2.75) is 25.8 Å². The molecule has 2 heterocycles. The summed E-state index contributed by atoms with van der Waals surface area (Å²) >= 11 is 0. The standard InChI is InChI=1S/C21H20N2O3/c24-19-16-10-4-8-15-9-5-13-23(18(15)16)21(26)17(19)20(25)22-12-11-14-6-2-1-3-7-14/h1-4,6-8,10,24H,5,9,11-13H2,(H,22,25). The number of amides is 1. The first-order valence-corrected chi connectivity index (χ1v) is 8.86. The molecule has 1 aliphatic rings. The highest BCUT2D eigenvalue weighted by molar-refractivity contribution is 6.02. The fourth-order valence-electron chi connectivity index (χ4n) is 3.67. The molecule has 0 spiro atoms. The third-order valence-corrected chi connectivity index (χ3v) is 4.94. The fraction of sp³-hybridized carbons (Fsp3) is 0.238. The van der Waals surface area contributed by atoms with E-state index in [0.29, 0.717) is 24.9 Å². The second-order valence-electron chi connectivity index (χ2n) is 6.59. The van der Waals surface area contributed by atoms with Gasteiger partial charge in [-0.15, -0.1) is 0 Å². The number of aromatic hydroxyl groups is 1. The molecule has 26 heavy (non-hydrogen) atoms. The van der Waals surface area contributed by atoms with E-state index in [1.165, 1.54) is 0 Å². The SMILES string of the molecule is O=C(NCCc1ccccc1)c1c(O)c2cccc3c2n(c1=O)CCC3. The van der Waals surface area contributed by atoms with E-state index < -0.39 is 11.5 Å². The summed E-state index contributed by atoms with van der Waals surface area (Å²) in [5.41, 5.74) is 2.32. The molecular weight excluding hydrogens is 328 g/mol. The Balaban J connectivity index is 1.66. The Kier molecular flexibility index (Phi) is 4.21. The van der Waals surface area contributed by atoms with Crippen LogP contribution in [0.5, 0.6) is 5.75 Å². The first kappa shape index (κ1) is 16.4. The second kappa shape index (κ2) is 6.67. The van der Waals surface area contributed by atoms with Gasteiger partial charge in [0.25, 0.3) is 11.5 Å². The van der Waals surface area contributed by atoms with Crippen LogP contribution < -0.4 is 10.9 Å². The lowest BCUT2D eigenvalue weighted by Gasteiger charge is -2.21. The topological polar surface area (TPSA) is 71.3 Å². The first-order valence-electron chi connectivity index (χ1n) is 8.86. The number of rotatable bonds is 4. The molecule has 0 bridgehead atoms. The maximum Gasteiger partial charge on any atom is 0.267 e. The summed E-state index contributed by atoms with van der Waals surface area (Å²) in [4.78, 5) is 25.4. The normalized spacial score (nSPS) is 12.9. The van der Waals surface area contributed by atoms with Gasteiger partial charge in [-0.2, -0.15) is 0 Å². The Hall–Kier alpha value is -3.08. The molecule has 0 saturated carbocycles. The highest BCUT2D eigenvalue weighted by atomic mass is 16.3. The molecule has 1 amide bonds. The Labute approximate surface area is 150 Å². The van der Waals surface area contributed by atoms with E-state index in [-0.39, 0.29) is 11.3 Å². The summed E-state index contributed by atoms with van der Waals surface area (Å²) < 4.78 is 1.62. The summed E-state index contributed by atoms with van der Waals surface area (Å²) in [6.07, 6.45) is 2.39. The van der Waals surface area contributed by atoms with Crippen LogP contribution in [-0.2, 0) is 19.4 Å². The average Bonchev–Trinajstić information content (AvgIpc) is 2.67. The Bertz CT molecular complexity index is 1040. The van der Waals surface area contributed by atoms with Crippen molar-refractivity contribution in [1.29, 1.82) is 0 Å². The minimum Gasteiger partial charge on any atom is -0.506 e. The van der Waals surface area contributed by atoms with E-state index in [1.54, 1.807) is 10.6 Å². The van der Waals surface area contributed by atoms with Crippen molar-refractivity contribution in [3.63, 3.8) is 0 Å². The number of pyridine rings is 1. The van der Waals surface area contributed by atoms with E-state index >= 15 is 0 Å². The van der Waals surface area contributed by atoms with Gasteiger partial charge in [0.2, 0.25) is 0 Å². The Morgan fingerprint density at radius 1 is 1.12 bits per heavy atom. The molecule has 3 aromatic rings. The van der Waals surface area contributed by atoms with Crippen LogP contribution in [0.15, 0.2) is 53.3 Å². The molecule has 0 unspecified atom stereocenters. The molecule has 0 atom stereocenters. The minimum absolute atomic E-state index is 0.162. The number of hydrogen-bond acceptors (Lipinski definition) is 3. The third-order valence-electron chi connectivity index (χ3n) is 4.94. The van der Waals surface area contributed by atoms with Crippen molar-refractivity contribution in [2.75, 3.05) is 6.54 Å². The summed E-state index contributed by atoms with van der Waals surface area (Å²) in [6.45, 7) is 0.969. The van der Waals surface area contributed by atoms with Gasteiger partial charge >= 0.3 is 0 Å². The molecule has 2 aromatic carbocycles. The lowest BCUT2D eigenvalue weighted by Crippen LogP contribution is -2.35. The van der Waals surface area contributed by atoms with Gasteiger partial charge in [-0.05, 0) is 36.5 Å². The van der Waals surface area contributed by atoms with Crippen molar-refractivity contribution >= 4 is 16.8 Å². The molecule has 5 heteroatoms. The second-order valence-corrected chi connectivity index (χ2v) is 6.59. The van der Waals surface area contributed by atoms with Gasteiger partial charge in [0.05, 0.1) is 5.52 Å². The lowest BCUT2D eigenvalue weighted by molar-refractivity contribution is 0.0949. The van der Waals surface area contributed by atoms with Gasteiger partial charge in [0, 0.05) is 18.5 Å². The maximum atomic E-state index is 12.8. The number of nitrogens with zero attached hydrogens (tertiary/aromatic N) is 1. The summed E-state index contributed by atoms with van der Waals surface area (Å²) in [6, 6.07) is 15.4. The van der Waals surface area contributed by atoms with E-state index in [1.807, 2.05) is 42.5 Å². The van der Waals surface area contributed by atoms with Gasteiger partial charge < -0.3 is 15.0 Å². The van der Waals surface area contributed by atoms with Crippen LogP contribution in [0.3, 0.4) is 0 Å². The largest absolute Gasteiger partial charge is 0.506 e. The molecule has 4 rings (SSSR count). The summed E-state index contributed by atoms with van der Waals surface area (Å²) in [7, 11) is 0. The monoisotopic (exact) mass is 348 g/mol. The van der Waals surface area contributed by atoms with Crippen LogP contribution in [0.2, 0.25) is 0 Å². The lowest BCUT2D eigenvalue weighted by atomic mass is 9.99. The van der Waals surface area contributed by atoms with Crippen LogP contribution in [0, 0.1) is 0 Å². The molecule has 0 radical (unpaired) electrons. The Morgan fingerprint density at radius 2 is 1.92 bits per heavy atom. The van der Waals surface area contributed by atoms with E-state index in [0.717, 1.165) is 29.5 Å². The molecule has 0 fully saturated rings. The number of aromatic nitrogens is 1. The van der Waals surface area contributed by atoms with Crippen molar-refractivity contribution in [3.8, 4) is 5.75 Å². The van der Waals surface area contributed by atoms with Gasteiger partial charge in [-0.3, -0.25) is 9.59 Å². The fourth-order valence-corrected chi connectivity index (χ4v) is 3.67. The van der Waals surface area contributed by atoms with Crippen LogP contribution >= 0.6 is 0 Å². The van der Waals surface area contributed by atoms with E-state index in [2.05, 4.69) is 5.32 Å². The van der Waals surface area contributed by atoms with Crippen LogP contribution in [0.25, 0.3) is 10.9 Å². The number of benzene rings is 2. The molecule has 1 aliphatic heterocycles. The van der Waals surface area contributed by atoms with Crippen molar-refractivity contribution in [1.82, 2.24) is 9.88 Å². The third kappa shape index (κ3) is 2.75. The van der Waals surface area contributed by atoms with Gasteiger partial charge in [-0.25, -0.2) is 0 Å². The Morgan fingerprint density at radius 3 is 2.73 bits per heavy atom. The van der Waals surface area contributed by atoms with Crippen molar-refractivity contribution in [2.24, 2.45) is 0 Å². The summed E-state index contributed by atoms with van der Waals surface area (Å²) in [5, 5.41) is 13.9. The number of hydrogen-bond donors (Lipinski definition) is 2. The van der Waals surface area contributed by atoms with Gasteiger partial charge in [0.15, 0.2) is 0 Å². The molecule has 2 N–H and O–H groups in total. The van der Waals surface area contributed by atoms with Gasteiger partial charge in [0.1, 0.15) is 11.3 Å². The van der Waals surface area contributed by atoms with Crippen LogP contribution in [-0.4, -0.2) is 22.1 Å². The highest BCUT2D eigenvalue weighted by Crippen LogP contribution is 2.31. The van der Waals surface area contributed by atoms with Crippen LogP contribution in [0.1, 0.15) is 27.9 Å². The predicted octanol–water partition coefficient (Wildman–Crippen LogP) is 2.63. The molecule has 5 nitrogen and oxygen atoms in total. The smallest absolute Gasteiger partial charge is 0.267 e. The number of aryl methyl sites for hydroxylation is 2. The molecule has 0 saturated heterocycles.